The number of amides is 1. The van der Waals surface area contributed by atoms with Gasteiger partial charge in [0.05, 0.1) is 20.2 Å². The first kappa shape index (κ1) is 24.2. The lowest BCUT2D eigenvalue weighted by molar-refractivity contribution is -0.127. The van der Waals surface area contributed by atoms with E-state index < -0.39 is 0 Å². The molecule has 8 heteroatoms. The molecule has 2 rings (SSSR count). The average Bonchev–Trinajstić information content (AvgIpc) is 2.68. The van der Waals surface area contributed by atoms with E-state index >= 15 is 0 Å². The van der Waals surface area contributed by atoms with E-state index in [1.54, 1.807) is 26.1 Å². The van der Waals surface area contributed by atoms with Crippen LogP contribution in [0.15, 0.2) is 58.0 Å². The lowest BCUT2D eigenvalue weighted by atomic mass is 10.2. The second-order valence-electron chi connectivity index (χ2n) is 6.10. The van der Waals surface area contributed by atoms with E-state index in [9.17, 15) is 4.79 Å². The van der Waals surface area contributed by atoms with Crippen molar-refractivity contribution >= 4 is 51.8 Å². The normalized spacial score (nSPS) is 10.6. The summed E-state index contributed by atoms with van der Waals surface area (Å²) in [6.07, 6.45) is 0. The van der Waals surface area contributed by atoms with Crippen molar-refractivity contribution < 1.29 is 9.53 Å². The van der Waals surface area contributed by atoms with Crippen molar-refractivity contribution in [3.05, 3.63) is 64.1 Å². The number of nitrogens with one attached hydrogen (secondary N) is 2. The average molecular weight is 561 g/mol. The van der Waals surface area contributed by atoms with Crippen molar-refractivity contribution in [1.29, 1.82) is 0 Å². The molecule has 0 saturated heterocycles. The molecule has 0 radical (unpaired) electrons. The van der Waals surface area contributed by atoms with E-state index in [0.29, 0.717) is 19.0 Å². The molecule has 0 aromatic heterocycles. The molecule has 2 aromatic rings. The summed E-state index contributed by atoms with van der Waals surface area (Å²) in [7, 11) is 5.10. The van der Waals surface area contributed by atoms with Gasteiger partial charge in [-0.05, 0) is 23.8 Å². The van der Waals surface area contributed by atoms with Crippen molar-refractivity contribution in [2.75, 3.05) is 27.7 Å². The van der Waals surface area contributed by atoms with Crippen LogP contribution in [0.25, 0.3) is 0 Å². The summed E-state index contributed by atoms with van der Waals surface area (Å²) in [4.78, 5) is 18.0. The van der Waals surface area contributed by atoms with Gasteiger partial charge in [-0.15, -0.1) is 24.0 Å². The number of benzene rings is 2. The van der Waals surface area contributed by atoms with Crippen LogP contribution < -0.4 is 15.4 Å². The summed E-state index contributed by atoms with van der Waals surface area (Å²) in [5.41, 5.74) is 2.08. The van der Waals surface area contributed by atoms with E-state index in [4.69, 9.17) is 4.74 Å². The predicted molar refractivity (Wildman–Crippen MR) is 127 cm³/mol. The number of ether oxygens (including phenoxy) is 1. The Bertz CT molecular complexity index is 785. The summed E-state index contributed by atoms with van der Waals surface area (Å²) in [5, 5.41) is 6.36. The minimum Gasteiger partial charge on any atom is -0.496 e. The maximum Gasteiger partial charge on any atom is 0.241 e. The van der Waals surface area contributed by atoms with Gasteiger partial charge in [0.15, 0.2) is 5.96 Å². The minimum atomic E-state index is -0.0238. The number of carbonyl (C=O) groups excluding carboxylic acids is 1. The molecule has 2 N–H and O–H groups in total. The number of methoxy groups -OCH3 is 1. The summed E-state index contributed by atoms with van der Waals surface area (Å²) in [6, 6.07) is 15.8. The Labute approximate surface area is 191 Å². The second kappa shape index (κ2) is 12.6. The van der Waals surface area contributed by atoms with Crippen LogP contribution >= 0.6 is 39.9 Å². The van der Waals surface area contributed by atoms with Crippen LogP contribution in [-0.4, -0.2) is 44.5 Å². The topological polar surface area (TPSA) is 66.0 Å². The standard InChI is InChI=1S/C20H25BrN4O2.HI/c1-25(2)19(26)14-24-20(22-12-15-7-5-4-6-8-15)23-13-16-11-17(21)9-10-18(16)27-3;/h4-11H,12-14H2,1-3H3,(H2,22,23,24);1H. The zero-order chi connectivity index (χ0) is 19.6. The molecular weight excluding hydrogens is 535 g/mol. The van der Waals surface area contributed by atoms with Crippen LogP contribution in [0, 0.1) is 0 Å². The van der Waals surface area contributed by atoms with Gasteiger partial charge in [0.1, 0.15) is 5.75 Å². The maximum atomic E-state index is 11.9. The summed E-state index contributed by atoms with van der Waals surface area (Å²) in [6.45, 7) is 1.20. The van der Waals surface area contributed by atoms with Crippen molar-refractivity contribution in [3.8, 4) is 5.75 Å². The number of halogens is 2. The van der Waals surface area contributed by atoms with E-state index in [1.807, 2.05) is 48.5 Å². The Morgan fingerprint density at radius 1 is 1.14 bits per heavy atom. The molecule has 152 valence electrons. The first-order valence-electron chi connectivity index (χ1n) is 8.58. The number of aliphatic imine (C=N–C) groups is 1. The highest BCUT2D eigenvalue weighted by atomic mass is 127. The number of carbonyl (C=O) groups is 1. The fraction of sp³-hybridized carbons (Fsp3) is 0.300. The minimum absolute atomic E-state index is 0. The zero-order valence-corrected chi connectivity index (χ0v) is 20.2. The highest BCUT2D eigenvalue weighted by Gasteiger charge is 2.08. The number of hydrogen-bond acceptors (Lipinski definition) is 3. The Morgan fingerprint density at radius 2 is 1.86 bits per heavy atom. The Morgan fingerprint density at radius 3 is 2.50 bits per heavy atom. The molecule has 0 fully saturated rings. The highest BCUT2D eigenvalue weighted by Crippen LogP contribution is 2.22. The van der Waals surface area contributed by atoms with Crippen LogP contribution in [0.2, 0.25) is 0 Å². The fourth-order valence-corrected chi connectivity index (χ4v) is 2.72. The molecule has 1 amide bonds. The molecule has 0 unspecified atom stereocenters. The van der Waals surface area contributed by atoms with Gasteiger partial charge in [-0.25, -0.2) is 4.99 Å². The van der Waals surface area contributed by atoms with Crippen molar-refractivity contribution in [1.82, 2.24) is 15.5 Å². The molecule has 0 heterocycles. The maximum absolute atomic E-state index is 11.9. The van der Waals surface area contributed by atoms with Crippen LogP contribution in [0.1, 0.15) is 11.1 Å². The van der Waals surface area contributed by atoms with E-state index in [-0.39, 0.29) is 36.4 Å². The molecule has 0 aliphatic carbocycles. The zero-order valence-electron chi connectivity index (χ0n) is 16.2. The smallest absolute Gasteiger partial charge is 0.241 e. The van der Waals surface area contributed by atoms with E-state index in [0.717, 1.165) is 21.3 Å². The molecule has 28 heavy (non-hydrogen) atoms. The third kappa shape index (κ3) is 8.05. The second-order valence-corrected chi connectivity index (χ2v) is 7.02. The monoisotopic (exact) mass is 560 g/mol. The van der Waals surface area contributed by atoms with Gasteiger partial charge in [0.2, 0.25) is 5.91 Å². The van der Waals surface area contributed by atoms with E-state index in [2.05, 4.69) is 31.6 Å². The van der Waals surface area contributed by atoms with Gasteiger partial charge in [-0.2, -0.15) is 0 Å². The van der Waals surface area contributed by atoms with Crippen LogP contribution in [0.4, 0.5) is 0 Å². The van der Waals surface area contributed by atoms with E-state index in [1.165, 1.54) is 0 Å². The number of likely N-dealkylation sites (N-methyl/N-ethyl adjacent to an activating group) is 1. The quantitative estimate of drug-likeness (QED) is 0.309. The number of nitrogens with zero attached hydrogens (tertiary/aromatic N) is 2. The first-order chi connectivity index (χ1) is 13.0. The van der Waals surface area contributed by atoms with Crippen molar-refractivity contribution in [2.45, 2.75) is 13.1 Å². The van der Waals surface area contributed by atoms with Gasteiger partial charge >= 0.3 is 0 Å². The predicted octanol–water partition coefficient (Wildman–Crippen LogP) is 3.40. The fourth-order valence-electron chi connectivity index (χ4n) is 2.31. The van der Waals surface area contributed by atoms with Gasteiger partial charge in [-0.1, -0.05) is 46.3 Å². The van der Waals surface area contributed by atoms with Gasteiger partial charge in [0.25, 0.3) is 0 Å². The number of rotatable bonds is 7. The molecule has 0 aliphatic rings. The first-order valence-corrected chi connectivity index (χ1v) is 9.37. The number of hydrogen-bond donors (Lipinski definition) is 2. The van der Waals surface area contributed by atoms with Gasteiger partial charge in [0, 0.05) is 30.7 Å². The SMILES string of the molecule is COc1ccc(Br)cc1CNC(=NCc1ccccc1)NCC(=O)N(C)C.I. The molecule has 6 nitrogen and oxygen atoms in total. The summed E-state index contributed by atoms with van der Waals surface area (Å²) in [5.74, 6) is 1.33. The Balaban J connectivity index is 0.00000392. The molecule has 0 saturated carbocycles. The Kier molecular flexibility index (Phi) is 10.9. The molecule has 0 spiro atoms. The third-order valence-electron chi connectivity index (χ3n) is 3.86. The summed E-state index contributed by atoms with van der Waals surface area (Å²) >= 11 is 3.48. The lowest BCUT2D eigenvalue weighted by Gasteiger charge is -2.16. The molecule has 0 bridgehead atoms. The van der Waals surface area contributed by atoms with Crippen molar-refractivity contribution in [2.24, 2.45) is 4.99 Å². The highest BCUT2D eigenvalue weighted by molar-refractivity contribution is 14.0. The van der Waals surface area contributed by atoms with Crippen LogP contribution in [0.3, 0.4) is 0 Å². The largest absolute Gasteiger partial charge is 0.496 e. The molecular formula is C20H26BrIN4O2. The molecule has 0 aliphatic heterocycles. The van der Waals surface area contributed by atoms with Gasteiger partial charge < -0.3 is 20.3 Å². The lowest BCUT2D eigenvalue weighted by Crippen LogP contribution is -2.42. The van der Waals surface area contributed by atoms with Crippen molar-refractivity contribution in [3.63, 3.8) is 0 Å². The Hall–Kier alpha value is -1.81. The van der Waals surface area contributed by atoms with Gasteiger partial charge in [-0.3, -0.25) is 4.79 Å². The third-order valence-corrected chi connectivity index (χ3v) is 4.35. The molecule has 0 atom stereocenters. The number of guanidine groups is 1. The van der Waals surface area contributed by atoms with Crippen LogP contribution in [0.5, 0.6) is 5.75 Å². The van der Waals surface area contributed by atoms with Crippen LogP contribution in [-0.2, 0) is 17.9 Å². The molecule has 2 aromatic carbocycles. The summed E-state index contributed by atoms with van der Waals surface area (Å²) < 4.78 is 6.38.